The summed E-state index contributed by atoms with van der Waals surface area (Å²) < 4.78 is 5.08. The maximum atomic E-state index is 11.8. The van der Waals surface area contributed by atoms with Crippen LogP contribution in [0.15, 0.2) is 22.8 Å². The van der Waals surface area contributed by atoms with Crippen LogP contribution in [0.5, 0.6) is 0 Å². The van der Waals surface area contributed by atoms with Crippen molar-refractivity contribution in [2.75, 3.05) is 0 Å². The standard InChI is InChI=1S/C14H20N2O3/c1-10-5-2-3-7-12(10)16-14(18)13(17)15-9-11-6-4-8-19-11/h4,6,8,10,12H,2-3,5,7,9H2,1H3,(H,15,17)(H,16,18)/t10-,12+/m0/s1. The number of carbonyl (C=O) groups is 2. The van der Waals surface area contributed by atoms with Gasteiger partial charge in [0, 0.05) is 6.04 Å². The van der Waals surface area contributed by atoms with Crippen LogP contribution in [-0.2, 0) is 16.1 Å². The molecule has 1 aromatic rings. The second-order valence-corrected chi connectivity index (χ2v) is 5.10. The molecule has 0 saturated heterocycles. The van der Waals surface area contributed by atoms with Crippen LogP contribution in [0, 0.1) is 5.92 Å². The number of amides is 2. The van der Waals surface area contributed by atoms with E-state index in [2.05, 4.69) is 17.6 Å². The molecule has 2 N–H and O–H groups in total. The summed E-state index contributed by atoms with van der Waals surface area (Å²) in [6.45, 7) is 2.35. The molecule has 1 aromatic heterocycles. The molecule has 5 nitrogen and oxygen atoms in total. The Balaban J connectivity index is 1.77. The zero-order valence-corrected chi connectivity index (χ0v) is 11.1. The lowest BCUT2D eigenvalue weighted by molar-refractivity contribution is -0.140. The van der Waals surface area contributed by atoms with Gasteiger partial charge in [-0.15, -0.1) is 0 Å². The summed E-state index contributed by atoms with van der Waals surface area (Å²) in [5.41, 5.74) is 0. The number of hydrogen-bond donors (Lipinski definition) is 2. The van der Waals surface area contributed by atoms with Crippen molar-refractivity contribution in [3.8, 4) is 0 Å². The topological polar surface area (TPSA) is 71.3 Å². The fourth-order valence-electron chi connectivity index (χ4n) is 2.43. The maximum Gasteiger partial charge on any atom is 0.309 e. The molecule has 0 aromatic carbocycles. The molecule has 0 radical (unpaired) electrons. The van der Waals surface area contributed by atoms with Gasteiger partial charge in [0.2, 0.25) is 0 Å². The third-order valence-corrected chi connectivity index (χ3v) is 3.64. The Morgan fingerprint density at radius 2 is 2.11 bits per heavy atom. The van der Waals surface area contributed by atoms with Gasteiger partial charge < -0.3 is 15.1 Å². The number of carbonyl (C=O) groups excluding carboxylic acids is 2. The Bertz CT molecular complexity index is 428. The molecule has 1 fully saturated rings. The smallest absolute Gasteiger partial charge is 0.309 e. The molecule has 2 atom stereocenters. The Morgan fingerprint density at radius 3 is 2.79 bits per heavy atom. The molecule has 0 bridgehead atoms. The third kappa shape index (κ3) is 3.84. The molecule has 1 aliphatic carbocycles. The molecule has 104 valence electrons. The average Bonchev–Trinajstić information content (AvgIpc) is 2.91. The van der Waals surface area contributed by atoms with Crippen molar-refractivity contribution in [2.45, 2.75) is 45.2 Å². The SMILES string of the molecule is C[C@H]1CCCC[C@H]1NC(=O)C(=O)NCc1ccco1. The molecule has 1 aliphatic rings. The molecular formula is C14H20N2O3. The van der Waals surface area contributed by atoms with Crippen molar-refractivity contribution in [3.05, 3.63) is 24.2 Å². The number of rotatable bonds is 3. The summed E-state index contributed by atoms with van der Waals surface area (Å²) in [7, 11) is 0. The largest absolute Gasteiger partial charge is 0.467 e. The minimum atomic E-state index is -0.603. The van der Waals surface area contributed by atoms with Gasteiger partial charge in [0.1, 0.15) is 5.76 Å². The monoisotopic (exact) mass is 264 g/mol. The lowest BCUT2D eigenvalue weighted by Crippen LogP contribution is -2.47. The highest BCUT2D eigenvalue weighted by Gasteiger charge is 2.25. The van der Waals surface area contributed by atoms with Crippen LogP contribution < -0.4 is 10.6 Å². The van der Waals surface area contributed by atoms with E-state index >= 15 is 0 Å². The van der Waals surface area contributed by atoms with Gasteiger partial charge in [-0.25, -0.2) is 0 Å². The number of furan rings is 1. The van der Waals surface area contributed by atoms with Gasteiger partial charge in [0.25, 0.3) is 0 Å². The van der Waals surface area contributed by atoms with E-state index in [1.807, 2.05) is 0 Å². The van der Waals surface area contributed by atoms with E-state index in [0.29, 0.717) is 11.7 Å². The van der Waals surface area contributed by atoms with E-state index in [-0.39, 0.29) is 12.6 Å². The molecular weight excluding hydrogens is 244 g/mol. The average molecular weight is 264 g/mol. The predicted molar refractivity (Wildman–Crippen MR) is 70.1 cm³/mol. The summed E-state index contributed by atoms with van der Waals surface area (Å²) in [4.78, 5) is 23.4. The van der Waals surface area contributed by atoms with Crippen LogP contribution in [0.25, 0.3) is 0 Å². The van der Waals surface area contributed by atoms with Gasteiger partial charge in [-0.2, -0.15) is 0 Å². The highest BCUT2D eigenvalue weighted by molar-refractivity contribution is 6.35. The summed E-state index contributed by atoms with van der Waals surface area (Å²) in [5, 5.41) is 5.36. The molecule has 1 heterocycles. The molecule has 2 amide bonds. The van der Waals surface area contributed by atoms with Crippen molar-refractivity contribution >= 4 is 11.8 Å². The zero-order valence-electron chi connectivity index (χ0n) is 11.1. The van der Waals surface area contributed by atoms with Crippen molar-refractivity contribution < 1.29 is 14.0 Å². The van der Waals surface area contributed by atoms with E-state index in [1.165, 1.54) is 12.7 Å². The molecule has 2 rings (SSSR count). The lowest BCUT2D eigenvalue weighted by atomic mass is 9.86. The lowest BCUT2D eigenvalue weighted by Gasteiger charge is -2.29. The van der Waals surface area contributed by atoms with Crippen molar-refractivity contribution in [2.24, 2.45) is 5.92 Å². The molecule has 0 unspecified atom stereocenters. The second-order valence-electron chi connectivity index (χ2n) is 5.10. The van der Waals surface area contributed by atoms with Crippen LogP contribution in [0.1, 0.15) is 38.4 Å². The van der Waals surface area contributed by atoms with E-state index < -0.39 is 11.8 Å². The van der Waals surface area contributed by atoms with Crippen LogP contribution in [0.4, 0.5) is 0 Å². The minimum Gasteiger partial charge on any atom is -0.467 e. The van der Waals surface area contributed by atoms with Crippen LogP contribution >= 0.6 is 0 Å². The summed E-state index contributed by atoms with van der Waals surface area (Å²) in [5.74, 6) is -0.0813. The van der Waals surface area contributed by atoms with Gasteiger partial charge in [0.05, 0.1) is 12.8 Å². The number of nitrogens with one attached hydrogen (secondary N) is 2. The normalized spacial score (nSPS) is 22.8. The van der Waals surface area contributed by atoms with Crippen LogP contribution in [0.2, 0.25) is 0 Å². The molecule has 0 spiro atoms. The Morgan fingerprint density at radius 1 is 1.32 bits per heavy atom. The van der Waals surface area contributed by atoms with Gasteiger partial charge in [-0.3, -0.25) is 9.59 Å². The van der Waals surface area contributed by atoms with Gasteiger partial charge in [-0.05, 0) is 30.9 Å². The highest BCUT2D eigenvalue weighted by Crippen LogP contribution is 2.23. The summed E-state index contributed by atoms with van der Waals surface area (Å²) in [6, 6.07) is 3.61. The predicted octanol–water partition coefficient (Wildman–Crippen LogP) is 1.59. The van der Waals surface area contributed by atoms with E-state index in [0.717, 1.165) is 19.3 Å². The van der Waals surface area contributed by atoms with Gasteiger partial charge in [-0.1, -0.05) is 19.8 Å². The fraction of sp³-hybridized carbons (Fsp3) is 0.571. The zero-order chi connectivity index (χ0) is 13.7. The van der Waals surface area contributed by atoms with Crippen molar-refractivity contribution in [3.63, 3.8) is 0 Å². The Kier molecular flexibility index (Phi) is 4.60. The van der Waals surface area contributed by atoms with E-state index in [9.17, 15) is 9.59 Å². The van der Waals surface area contributed by atoms with Gasteiger partial charge >= 0.3 is 11.8 Å². The summed E-state index contributed by atoms with van der Waals surface area (Å²) in [6.07, 6.45) is 5.92. The molecule has 0 aliphatic heterocycles. The minimum absolute atomic E-state index is 0.121. The third-order valence-electron chi connectivity index (χ3n) is 3.64. The molecule has 1 saturated carbocycles. The Labute approximate surface area is 112 Å². The van der Waals surface area contributed by atoms with Gasteiger partial charge in [0.15, 0.2) is 0 Å². The second kappa shape index (κ2) is 6.41. The van der Waals surface area contributed by atoms with Crippen molar-refractivity contribution in [1.29, 1.82) is 0 Å². The van der Waals surface area contributed by atoms with Crippen LogP contribution in [-0.4, -0.2) is 17.9 Å². The first kappa shape index (κ1) is 13.6. The summed E-state index contributed by atoms with van der Waals surface area (Å²) >= 11 is 0. The molecule has 5 heteroatoms. The van der Waals surface area contributed by atoms with Crippen LogP contribution in [0.3, 0.4) is 0 Å². The first-order valence-corrected chi connectivity index (χ1v) is 6.78. The highest BCUT2D eigenvalue weighted by atomic mass is 16.3. The Hall–Kier alpha value is -1.78. The molecule has 19 heavy (non-hydrogen) atoms. The van der Waals surface area contributed by atoms with E-state index in [4.69, 9.17) is 4.42 Å². The quantitative estimate of drug-likeness (QED) is 0.814. The first-order chi connectivity index (χ1) is 9.16. The van der Waals surface area contributed by atoms with Crippen molar-refractivity contribution in [1.82, 2.24) is 10.6 Å². The fourth-order valence-corrected chi connectivity index (χ4v) is 2.43. The maximum absolute atomic E-state index is 11.8. The first-order valence-electron chi connectivity index (χ1n) is 6.78. The van der Waals surface area contributed by atoms with E-state index in [1.54, 1.807) is 12.1 Å². The number of hydrogen-bond acceptors (Lipinski definition) is 3.